The molecule has 7 nitrogen and oxygen atoms in total. The third-order valence-electron chi connectivity index (χ3n) is 2.64. The zero-order valence-corrected chi connectivity index (χ0v) is 11.6. The van der Waals surface area contributed by atoms with E-state index in [1.807, 2.05) is 0 Å². The molecule has 0 aliphatic carbocycles. The zero-order chi connectivity index (χ0) is 15.3. The molecule has 0 aromatic heterocycles. The minimum absolute atomic E-state index is 0.000846. The summed E-state index contributed by atoms with van der Waals surface area (Å²) in [6, 6.07) is 4.05. The predicted octanol–water partition coefficient (Wildman–Crippen LogP) is 0.903. The topological polar surface area (TPSA) is 98.7 Å². The van der Waals surface area contributed by atoms with Gasteiger partial charge in [0.2, 0.25) is 5.91 Å². The third kappa shape index (κ3) is 3.98. The second-order valence-electron chi connectivity index (χ2n) is 4.40. The van der Waals surface area contributed by atoms with E-state index < -0.39 is 12.0 Å². The highest BCUT2D eigenvalue weighted by molar-refractivity contribution is 6.01. The van der Waals surface area contributed by atoms with E-state index >= 15 is 0 Å². The van der Waals surface area contributed by atoms with Gasteiger partial charge in [0.1, 0.15) is 0 Å². The molecule has 0 heterocycles. The second kappa shape index (κ2) is 6.55. The van der Waals surface area contributed by atoms with Crippen molar-refractivity contribution in [3.8, 4) is 0 Å². The maximum atomic E-state index is 11.7. The van der Waals surface area contributed by atoms with Gasteiger partial charge in [0.05, 0.1) is 17.8 Å². The summed E-state index contributed by atoms with van der Waals surface area (Å²) >= 11 is 0. The van der Waals surface area contributed by atoms with Crippen molar-refractivity contribution in [1.82, 2.24) is 10.2 Å². The number of hydrogen-bond acceptors (Lipinski definition) is 3. The number of nitrogens with zero attached hydrogens (tertiary/aromatic N) is 1. The number of aromatic carboxylic acids is 1. The fourth-order valence-electron chi connectivity index (χ4n) is 1.48. The van der Waals surface area contributed by atoms with E-state index in [1.165, 1.54) is 11.0 Å². The SMILES string of the molecule is Cc1cccc(C(=O)O)c1NC(=O)NCC(=O)N(C)C. The van der Waals surface area contributed by atoms with Crippen LogP contribution in [0.3, 0.4) is 0 Å². The van der Waals surface area contributed by atoms with Crippen molar-refractivity contribution in [2.45, 2.75) is 6.92 Å². The minimum atomic E-state index is -1.13. The summed E-state index contributed by atoms with van der Waals surface area (Å²) in [6.45, 7) is 1.53. The van der Waals surface area contributed by atoms with Crippen molar-refractivity contribution in [3.05, 3.63) is 29.3 Å². The average molecular weight is 279 g/mol. The summed E-state index contributed by atoms with van der Waals surface area (Å²) in [6.07, 6.45) is 0. The largest absolute Gasteiger partial charge is 0.478 e. The van der Waals surface area contributed by atoms with Crippen molar-refractivity contribution in [3.63, 3.8) is 0 Å². The molecule has 0 aliphatic heterocycles. The van der Waals surface area contributed by atoms with E-state index in [0.29, 0.717) is 5.56 Å². The Balaban J connectivity index is 2.76. The first kappa shape index (κ1) is 15.5. The molecule has 0 radical (unpaired) electrons. The van der Waals surface area contributed by atoms with Crippen LogP contribution in [-0.2, 0) is 4.79 Å². The highest BCUT2D eigenvalue weighted by Gasteiger charge is 2.15. The molecule has 0 saturated carbocycles. The Morgan fingerprint density at radius 1 is 1.25 bits per heavy atom. The van der Waals surface area contributed by atoms with Gasteiger partial charge in [-0.3, -0.25) is 4.79 Å². The van der Waals surface area contributed by atoms with Crippen LogP contribution in [-0.4, -0.2) is 48.6 Å². The lowest BCUT2D eigenvalue weighted by atomic mass is 10.1. The molecule has 1 rings (SSSR count). The number of carbonyl (C=O) groups excluding carboxylic acids is 2. The van der Waals surface area contributed by atoms with E-state index in [2.05, 4.69) is 10.6 Å². The number of amides is 3. The number of carboxylic acid groups (broad SMARTS) is 1. The van der Waals surface area contributed by atoms with Gasteiger partial charge in [-0.25, -0.2) is 9.59 Å². The molecule has 3 amide bonds. The van der Waals surface area contributed by atoms with E-state index in [-0.39, 0.29) is 23.7 Å². The molecule has 0 unspecified atom stereocenters. The Hall–Kier alpha value is -2.57. The van der Waals surface area contributed by atoms with Crippen molar-refractivity contribution < 1.29 is 19.5 Å². The van der Waals surface area contributed by atoms with Gasteiger partial charge in [0.15, 0.2) is 0 Å². The van der Waals surface area contributed by atoms with Gasteiger partial charge < -0.3 is 20.6 Å². The Labute approximate surface area is 116 Å². The Morgan fingerprint density at radius 3 is 2.45 bits per heavy atom. The van der Waals surface area contributed by atoms with E-state index in [0.717, 1.165) is 0 Å². The van der Waals surface area contributed by atoms with Crippen LogP contribution in [0.1, 0.15) is 15.9 Å². The Kier molecular flexibility index (Phi) is 5.08. The first-order valence-electron chi connectivity index (χ1n) is 5.91. The summed E-state index contributed by atoms with van der Waals surface area (Å²) in [5, 5.41) is 13.9. The van der Waals surface area contributed by atoms with Gasteiger partial charge in [-0.2, -0.15) is 0 Å². The molecule has 0 aliphatic rings. The third-order valence-corrected chi connectivity index (χ3v) is 2.64. The lowest BCUT2D eigenvalue weighted by Gasteiger charge is -2.14. The van der Waals surface area contributed by atoms with Crippen molar-refractivity contribution in [2.75, 3.05) is 26.0 Å². The molecule has 1 aromatic rings. The minimum Gasteiger partial charge on any atom is -0.478 e. The van der Waals surface area contributed by atoms with Crippen molar-refractivity contribution in [2.24, 2.45) is 0 Å². The highest BCUT2D eigenvalue weighted by Crippen LogP contribution is 2.20. The summed E-state index contributed by atoms with van der Waals surface area (Å²) in [5.41, 5.74) is 0.841. The second-order valence-corrected chi connectivity index (χ2v) is 4.40. The Bertz CT molecular complexity index is 540. The van der Waals surface area contributed by atoms with Crippen LogP contribution in [0.15, 0.2) is 18.2 Å². The van der Waals surface area contributed by atoms with Crippen LogP contribution in [0.5, 0.6) is 0 Å². The highest BCUT2D eigenvalue weighted by atomic mass is 16.4. The fourth-order valence-corrected chi connectivity index (χ4v) is 1.48. The van der Waals surface area contributed by atoms with Gasteiger partial charge in [-0.1, -0.05) is 12.1 Å². The predicted molar refractivity (Wildman–Crippen MR) is 73.9 cm³/mol. The first-order valence-corrected chi connectivity index (χ1v) is 5.91. The summed E-state index contributed by atoms with van der Waals surface area (Å²) in [4.78, 5) is 35.4. The normalized spacial score (nSPS) is 9.75. The van der Waals surface area contributed by atoms with Gasteiger partial charge in [0, 0.05) is 14.1 Å². The quantitative estimate of drug-likeness (QED) is 0.762. The molecule has 0 bridgehead atoms. The van der Waals surface area contributed by atoms with Crippen LogP contribution in [0, 0.1) is 6.92 Å². The maximum absolute atomic E-state index is 11.7. The number of nitrogens with one attached hydrogen (secondary N) is 2. The van der Waals surface area contributed by atoms with Gasteiger partial charge in [-0.05, 0) is 18.6 Å². The number of rotatable bonds is 4. The average Bonchev–Trinajstić information content (AvgIpc) is 2.37. The molecule has 7 heteroatoms. The number of hydrogen-bond donors (Lipinski definition) is 3. The number of anilines is 1. The lowest BCUT2D eigenvalue weighted by Crippen LogP contribution is -2.38. The molecule has 0 atom stereocenters. The monoisotopic (exact) mass is 279 g/mol. The van der Waals surface area contributed by atoms with Gasteiger partial charge >= 0.3 is 12.0 Å². The number of carboxylic acids is 1. The van der Waals surface area contributed by atoms with Crippen LogP contribution in [0.25, 0.3) is 0 Å². The summed E-state index contributed by atoms with van der Waals surface area (Å²) in [5.74, 6) is -1.39. The zero-order valence-electron chi connectivity index (χ0n) is 11.6. The van der Waals surface area contributed by atoms with E-state index in [4.69, 9.17) is 5.11 Å². The Morgan fingerprint density at radius 2 is 1.90 bits per heavy atom. The molecule has 1 aromatic carbocycles. The molecule has 0 spiro atoms. The number of benzene rings is 1. The molecule has 0 fully saturated rings. The number of urea groups is 1. The molecular formula is C13H17N3O4. The van der Waals surface area contributed by atoms with Crippen LogP contribution in [0.4, 0.5) is 10.5 Å². The molecule has 20 heavy (non-hydrogen) atoms. The number of para-hydroxylation sites is 1. The van der Waals surface area contributed by atoms with Crippen molar-refractivity contribution in [1.29, 1.82) is 0 Å². The molecule has 108 valence electrons. The molecule has 3 N–H and O–H groups in total. The summed E-state index contributed by atoms with van der Waals surface area (Å²) < 4.78 is 0. The lowest BCUT2D eigenvalue weighted by molar-refractivity contribution is -0.127. The van der Waals surface area contributed by atoms with E-state index in [9.17, 15) is 14.4 Å². The number of likely N-dealkylation sites (N-methyl/N-ethyl adjacent to an activating group) is 1. The molecular weight excluding hydrogens is 262 g/mol. The van der Waals surface area contributed by atoms with Crippen molar-refractivity contribution >= 4 is 23.6 Å². The van der Waals surface area contributed by atoms with E-state index in [1.54, 1.807) is 33.2 Å². The summed E-state index contributed by atoms with van der Waals surface area (Å²) in [7, 11) is 3.15. The number of aryl methyl sites for hydroxylation is 1. The van der Waals surface area contributed by atoms with Gasteiger partial charge in [-0.15, -0.1) is 0 Å². The fraction of sp³-hybridized carbons (Fsp3) is 0.308. The molecule has 0 saturated heterocycles. The van der Waals surface area contributed by atoms with Gasteiger partial charge in [0.25, 0.3) is 0 Å². The standard InChI is InChI=1S/C13H17N3O4/c1-8-5-4-6-9(12(18)19)11(8)15-13(20)14-7-10(17)16(2)3/h4-6H,7H2,1-3H3,(H,18,19)(H2,14,15,20). The van der Waals surface area contributed by atoms with Crippen LogP contribution in [0.2, 0.25) is 0 Å². The maximum Gasteiger partial charge on any atom is 0.337 e. The first-order chi connectivity index (χ1) is 9.32. The smallest absolute Gasteiger partial charge is 0.337 e. The van der Waals surface area contributed by atoms with Crippen LogP contribution < -0.4 is 10.6 Å². The van der Waals surface area contributed by atoms with Crippen LogP contribution >= 0.6 is 0 Å². The number of carbonyl (C=O) groups is 3.